The molecule has 0 aromatic carbocycles. The van der Waals surface area contributed by atoms with Crippen LogP contribution in [-0.2, 0) is 47.6 Å². The molecule has 304 valence electrons. The van der Waals surface area contributed by atoms with Crippen LogP contribution in [0.4, 0.5) is 0 Å². The fourth-order valence-electron chi connectivity index (χ4n) is 7.31. The van der Waals surface area contributed by atoms with Crippen molar-refractivity contribution in [2.75, 3.05) is 13.2 Å². The van der Waals surface area contributed by atoms with Gasteiger partial charge >= 0.3 is 11.9 Å². The first-order valence-electron chi connectivity index (χ1n) is 17.0. The molecule has 0 aromatic rings. The van der Waals surface area contributed by atoms with Gasteiger partial charge in [-0.3, -0.25) is 9.59 Å². The van der Waals surface area contributed by atoms with E-state index in [1.165, 1.54) is 13.8 Å². The van der Waals surface area contributed by atoms with E-state index in [0.29, 0.717) is 0 Å². The molecular formula is C31H50N2O20. The normalized spacial score (nSPS) is 46.3. The lowest BCUT2D eigenvalue weighted by atomic mass is 9.74. The first kappa shape index (κ1) is 43.1. The van der Waals surface area contributed by atoms with Crippen molar-refractivity contribution in [3.8, 4) is 0 Å². The smallest absolute Gasteiger partial charge is 0.335 e. The monoisotopic (exact) mass is 770 g/mol. The molecule has 22 nitrogen and oxygen atoms in total. The predicted molar refractivity (Wildman–Crippen MR) is 168 cm³/mol. The highest BCUT2D eigenvalue weighted by Gasteiger charge is 2.56. The van der Waals surface area contributed by atoms with Gasteiger partial charge in [0.2, 0.25) is 11.8 Å². The van der Waals surface area contributed by atoms with Gasteiger partial charge in [0.25, 0.3) is 0 Å². The van der Waals surface area contributed by atoms with Crippen LogP contribution in [0.3, 0.4) is 0 Å². The Kier molecular flexibility index (Phi) is 14.5. The van der Waals surface area contributed by atoms with Crippen LogP contribution in [0.15, 0.2) is 0 Å². The molecule has 3 heterocycles. The zero-order chi connectivity index (χ0) is 39.6. The standard InChI is InChI=1S/C31H50N2O20/c1-8-12(6-34)5-13(15(17(8)38)32-10(3)36)48-24-19(40)26(28(45)46)53-31(21(24)42)51-22-9(2)14(7-35)49-30(16(22)33-11(4)37)52-23-18(39)25(27(43)44)50-29(47)20(23)41/h8-9,12-26,29-31,34-35,38-42,47H,5-7H2,1-4H3,(H,32,36)(H,33,37)(H,43,44)(H,45,46). The maximum atomic E-state index is 12.5. The Balaban J connectivity index is 1.67. The van der Waals surface area contributed by atoms with E-state index < -0.39 is 159 Å². The van der Waals surface area contributed by atoms with E-state index in [2.05, 4.69) is 10.6 Å². The molecule has 20 unspecified atom stereocenters. The molecule has 53 heavy (non-hydrogen) atoms. The van der Waals surface area contributed by atoms with E-state index >= 15 is 0 Å². The van der Waals surface area contributed by atoms with E-state index in [9.17, 15) is 70.2 Å². The third-order valence-corrected chi connectivity index (χ3v) is 10.3. The summed E-state index contributed by atoms with van der Waals surface area (Å²) in [5, 5.41) is 110. The van der Waals surface area contributed by atoms with Gasteiger partial charge in [0.1, 0.15) is 42.7 Å². The van der Waals surface area contributed by atoms with Crippen LogP contribution < -0.4 is 10.6 Å². The number of rotatable bonds is 12. The highest BCUT2D eigenvalue weighted by molar-refractivity contribution is 5.74. The number of aliphatic carboxylic acids is 2. The van der Waals surface area contributed by atoms with Gasteiger partial charge < -0.3 is 90.1 Å². The molecule has 20 atom stereocenters. The topological polar surface area (TPSA) is 350 Å². The Labute approximate surface area is 302 Å². The van der Waals surface area contributed by atoms with Crippen LogP contribution in [0.2, 0.25) is 0 Å². The molecule has 0 spiro atoms. The summed E-state index contributed by atoms with van der Waals surface area (Å²) in [5.41, 5.74) is 0. The number of carbonyl (C=O) groups excluding carboxylic acids is 2. The van der Waals surface area contributed by atoms with Crippen LogP contribution >= 0.6 is 0 Å². The Bertz CT molecular complexity index is 1290. The second-order valence-electron chi connectivity index (χ2n) is 13.9. The van der Waals surface area contributed by atoms with Crippen molar-refractivity contribution in [2.45, 2.75) is 138 Å². The van der Waals surface area contributed by atoms with Crippen molar-refractivity contribution in [1.82, 2.24) is 10.6 Å². The van der Waals surface area contributed by atoms with Gasteiger partial charge in [-0.25, -0.2) is 9.59 Å². The molecule has 2 amide bonds. The summed E-state index contributed by atoms with van der Waals surface area (Å²) >= 11 is 0. The van der Waals surface area contributed by atoms with E-state index in [0.717, 1.165) is 6.92 Å². The second-order valence-corrected chi connectivity index (χ2v) is 13.9. The average molecular weight is 771 g/mol. The zero-order valence-corrected chi connectivity index (χ0v) is 29.2. The number of hydrogen-bond acceptors (Lipinski definition) is 18. The highest BCUT2D eigenvalue weighted by Crippen LogP contribution is 2.38. The van der Waals surface area contributed by atoms with Crippen molar-refractivity contribution in [3.05, 3.63) is 0 Å². The zero-order valence-electron chi connectivity index (χ0n) is 29.2. The number of carbonyl (C=O) groups is 4. The largest absolute Gasteiger partial charge is 0.479 e. The number of ether oxygens (including phenoxy) is 6. The molecule has 4 rings (SSSR count). The molecule has 3 saturated heterocycles. The predicted octanol–water partition coefficient (Wildman–Crippen LogP) is -6.06. The lowest BCUT2D eigenvalue weighted by Gasteiger charge is -2.50. The first-order chi connectivity index (χ1) is 24.8. The number of carboxylic acids is 2. The Morgan fingerprint density at radius 2 is 1.15 bits per heavy atom. The summed E-state index contributed by atoms with van der Waals surface area (Å²) in [6.07, 6.45) is -27.2. The molecule has 4 aliphatic rings. The first-order valence-corrected chi connectivity index (χ1v) is 17.0. The minimum atomic E-state index is -2.15. The van der Waals surface area contributed by atoms with E-state index in [1.54, 1.807) is 6.92 Å². The van der Waals surface area contributed by atoms with E-state index in [1.807, 2.05) is 0 Å². The van der Waals surface area contributed by atoms with Crippen LogP contribution in [-0.4, -0.2) is 192 Å². The molecule has 3 aliphatic heterocycles. The van der Waals surface area contributed by atoms with Crippen molar-refractivity contribution < 1.29 is 98.7 Å². The van der Waals surface area contributed by atoms with Gasteiger partial charge in [0.15, 0.2) is 31.1 Å². The quantitative estimate of drug-likeness (QED) is 0.0878. The van der Waals surface area contributed by atoms with Crippen molar-refractivity contribution in [2.24, 2.45) is 17.8 Å². The van der Waals surface area contributed by atoms with Gasteiger partial charge in [0.05, 0.1) is 37.1 Å². The number of carboxylic acid groups (broad SMARTS) is 2. The molecule has 1 aliphatic carbocycles. The lowest BCUT2D eigenvalue weighted by molar-refractivity contribution is -0.357. The third kappa shape index (κ3) is 9.24. The van der Waals surface area contributed by atoms with Gasteiger partial charge in [-0.05, 0) is 18.3 Å². The highest BCUT2D eigenvalue weighted by atomic mass is 16.7. The van der Waals surface area contributed by atoms with Crippen molar-refractivity contribution in [1.29, 1.82) is 0 Å². The molecule has 22 heteroatoms. The number of aliphatic hydroxyl groups excluding tert-OH is 8. The minimum Gasteiger partial charge on any atom is -0.479 e. The van der Waals surface area contributed by atoms with Crippen LogP contribution in [0.5, 0.6) is 0 Å². The molecule has 0 aromatic heterocycles. The average Bonchev–Trinajstić information content (AvgIpc) is 3.08. The second kappa shape index (κ2) is 17.8. The van der Waals surface area contributed by atoms with E-state index in [-0.39, 0.29) is 6.42 Å². The number of amides is 2. The third-order valence-electron chi connectivity index (χ3n) is 10.3. The summed E-state index contributed by atoms with van der Waals surface area (Å²) in [6, 6.07) is -2.61. The van der Waals surface area contributed by atoms with Gasteiger partial charge in [-0.1, -0.05) is 13.8 Å². The Morgan fingerprint density at radius 1 is 0.623 bits per heavy atom. The maximum Gasteiger partial charge on any atom is 0.335 e. The fourth-order valence-corrected chi connectivity index (χ4v) is 7.31. The van der Waals surface area contributed by atoms with Gasteiger partial charge in [-0.15, -0.1) is 0 Å². The summed E-state index contributed by atoms with van der Waals surface area (Å²) in [7, 11) is 0. The minimum absolute atomic E-state index is 0.000122. The van der Waals surface area contributed by atoms with E-state index in [4.69, 9.17) is 28.4 Å². The lowest BCUT2D eigenvalue weighted by Crippen LogP contribution is -2.69. The summed E-state index contributed by atoms with van der Waals surface area (Å²) in [6.45, 7) is 4.25. The summed E-state index contributed by atoms with van der Waals surface area (Å²) in [5.74, 6) is -6.76. The van der Waals surface area contributed by atoms with Crippen LogP contribution in [0, 0.1) is 17.8 Å². The molecule has 0 bridgehead atoms. The number of aliphatic hydroxyl groups is 8. The maximum absolute atomic E-state index is 12.5. The van der Waals surface area contributed by atoms with Crippen LogP contribution in [0.1, 0.15) is 34.1 Å². The van der Waals surface area contributed by atoms with Gasteiger partial charge in [0, 0.05) is 26.4 Å². The van der Waals surface area contributed by atoms with Crippen LogP contribution in [0.25, 0.3) is 0 Å². The number of nitrogens with one attached hydrogen (secondary N) is 2. The summed E-state index contributed by atoms with van der Waals surface area (Å²) < 4.78 is 34.0. The number of hydrogen-bond donors (Lipinski definition) is 12. The Hall–Kier alpha value is -2.68. The summed E-state index contributed by atoms with van der Waals surface area (Å²) in [4.78, 5) is 48.5. The molecular weight excluding hydrogens is 720 g/mol. The molecule has 0 radical (unpaired) electrons. The van der Waals surface area contributed by atoms with Crippen molar-refractivity contribution in [3.63, 3.8) is 0 Å². The molecule has 1 saturated carbocycles. The fraction of sp³-hybridized carbons (Fsp3) is 0.871. The molecule has 4 fully saturated rings. The van der Waals surface area contributed by atoms with Gasteiger partial charge in [-0.2, -0.15) is 0 Å². The Morgan fingerprint density at radius 3 is 1.68 bits per heavy atom. The van der Waals surface area contributed by atoms with Crippen molar-refractivity contribution >= 4 is 23.8 Å². The SMILES string of the molecule is CC(=O)NC1C(OC2C(O)C(OC3C(C)C(CO)OC(OC4C(O)C(O)OC(C(=O)O)C4O)C3NC(C)=O)OC(C(=O)O)C2O)CC(CO)C(C)C1O. The molecule has 12 N–H and O–H groups in total.